The van der Waals surface area contributed by atoms with Gasteiger partial charge in [0.15, 0.2) is 0 Å². The first-order valence-corrected chi connectivity index (χ1v) is 8.04. The first-order chi connectivity index (χ1) is 10.2. The van der Waals surface area contributed by atoms with Crippen molar-refractivity contribution in [3.63, 3.8) is 0 Å². The number of hydrogen-bond donors (Lipinski definition) is 1. The maximum absolute atomic E-state index is 5.58. The Balaban J connectivity index is 1.59. The number of hydrogen-bond acceptors (Lipinski definition) is 4. The Kier molecular flexibility index (Phi) is 4.78. The molecule has 0 unspecified atom stereocenters. The molecule has 4 nitrogen and oxygen atoms in total. The van der Waals surface area contributed by atoms with Gasteiger partial charge in [-0.1, -0.05) is 12.1 Å². The molecule has 1 N–H and O–H groups in total. The Labute approximate surface area is 128 Å². The van der Waals surface area contributed by atoms with Crippen LogP contribution in [-0.2, 0) is 13.1 Å². The van der Waals surface area contributed by atoms with Gasteiger partial charge in [0, 0.05) is 50.9 Å². The minimum atomic E-state index is 0.736. The number of ether oxygens (including phenoxy) is 1. The second-order valence-electron chi connectivity index (χ2n) is 6.38. The molecule has 116 valence electrons. The van der Waals surface area contributed by atoms with Crippen LogP contribution in [0.2, 0.25) is 0 Å². The van der Waals surface area contributed by atoms with E-state index in [0.717, 1.165) is 38.0 Å². The van der Waals surface area contributed by atoms with Crippen LogP contribution in [0.4, 0.5) is 0 Å². The van der Waals surface area contributed by atoms with E-state index >= 15 is 0 Å². The molecule has 0 bridgehead atoms. The van der Waals surface area contributed by atoms with Gasteiger partial charge in [-0.15, -0.1) is 0 Å². The lowest BCUT2D eigenvalue weighted by Gasteiger charge is -2.32. The number of benzene rings is 1. The summed E-state index contributed by atoms with van der Waals surface area (Å²) in [7, 11) is 3.97. The van der Waals surface area contributed by atoms with E-state index in [-0.39, 0.29) is 0 Å². The normalized spacial score (nSPS) is 20.7. The van der Waals surface area contributed by atoms with Gasteiger partial charge in [0.2, 0.25) is 0 Å². The molecule has 1 heterocycles. The van der Waals surface area contributed by atoms with Crippen LogP contribution in [0.15, 0.2) is 18.2 Å². The molecule has 0 atom stereocenters. The summed E-state index contributed by atoms with van der Waals surface area (Å²) in [5.74, 6) is 1.02. The average molecular weight is 289 g/mol. The number of methoxy groups -OCH3 is 1. The van der Waals surface area contributed by atoms with E-state index in [1.807, 2.05) is 0 Å². The average Bonchev–Trinajstić information content (AvgIpc) is 3.32. The van der Waals surface area contributed by atoms with Gasteiger partial charge in [-0.2, -0.15) is 0 Å². The maximum atomic E-state index is 5.58. The van der Waals surface area contributed by atoms with Gasteiger partial charge < -0.3 is 15.0 Å². The van der Waals surface area contributed by atoms with Gasteiger partial charge in [0.05, 0.1) is 7.11 Å². The number of piperazine rings is 1. The van der Waals surface area contributed by atoms with Crippen molar-refractivity contribution >= 4 is 0 Å². The zero-order valence-corrected chi connectivity index (χ0v) is 13.3. The topological polar surface area (TPSA) is 27.7 Å². The molecule has 1 saturated carbocycles. The Hall–Kier alpha value is -1.10. The Morgan fingerprint density at radius 2 is 1.95 bits per heavy atom. The highest BCUT2D eigenvalue weighted by atomic mass is 16.5. The van der Waals surface area contributed by atoms with Gasteiger partial charge >= 0.3 is 0 Å². The van der Waals surface area contributed by atoms with Gasteiger partial charge in [0.1, 0.15) is 5.75 Å². The number of nitrogens with one attached hydrogen (secondary N) is 1. The van der Waals surface area contributed by atoms with Crippen molar-refractivity contribution < 1.29 is 4.74 Å². The van der Waals surface area contributed by atoms with E-state index in [9.17, 15) is 0 Å². The van der Waals surface area contributed by atoms with E-state index in [1.165, 1.54) is 37.1 Å². The molecule has 0 aromatic heterocycles. The second kappa shape index (κ2) is 6.77. The largest absolute Gasteiger partial charge is 0.496 e. The monoisotopic (exact) mass is 289 g/mol. The van der Waals surface area contributed by atoms with Crippen molar-refractivity contribution in [1.82, 2.24) is 15.1 Å². The zero-order valence-electron chi connectivity index (χ0n) is 13.3. The van der Waals surface area contributed by atoms with Crippen LogP contribution in [0.25, 0.3) is 0 Å². The zero-order chi connectivity index (χ0) is 14.7. The lowest BCUT2D eigenvalue weighted by atomic mass is 10.1. The summed E-state index contributed by atoms with van der Waals surface area (Å²) in [6, 6.07) is 7.42. The smallest absolute Gasteiger partial charge is 0.123 e. The van der Waals surface area contributed by atoms with Gasteiger partial charge in [-0.25, -0.2) is 0 Å². The van der Waals surface area contributed by atoms with Crippen molar-refractivity contribution in [3.05, 3.63) is 29.3 Å². The fourth-order valence-corrected chi connectivity index (χ4v) is 2.84. The Morgan fingerprint density at radius 3 is 2.62 bits per heavy atom. The van der Waals surface area contributed by atoms with Crippen LogP contribution in [-0.4, -0.2) is 56.2 Å². The fraction of sp³-hybridized carbons (Fsp3) is 0.647. The quantitative estimate of drug-likeness (QED) is 0.862. The molecule has 21 heavy (non-hydrogen) atoms. The molecule has 1 saturated heterocycles. The molecule has 1 aliphatic carbocycles. The van der Waals surface area contributed by atoms with E-state index < -0.39 is 0 Å². The predicted molar refractivity (Wildman–Crippen MR) is 85.6 cm³/mol. The molecular weight excluding hydrogens is 262 g/mol. The van der Waals surface area contributed by atoms with Crippen molar-refractivity contribution in [2.75, 3.05) is 40.3 Å². The van der Waals surface area contributed by atoms with Crippen LogP contribution in [0, 0.1) is 0 Å². The Morgan fingerprint density at radius 1 is 1.19 bits per heavy atom. The van der Waals surface area contributed by atoms with Gasteiger partial charge in [-0.3, -0.25) is 4.90 Å². The fourth-order valence-electron chi connectivity index (χ4n) is 2.84. The minimum absolute atomic E-state index is 0.736. The van der Waals surface area contributed by atoms with Crippen molar-refractivity contribution in [3.8, 4) is 5.75 Å². The molecule has 0 spiro atoms. The van der Waals surface area contributed by atoms with Crippen molar-refractivity contribution in [2.24, 2.45) is 0 Å². The highest BCUT2D eigenvalue weighted by molar-refractivity contribution is 5.37. The standard InChI is InChI=1S/C17H27N3O/c1-19-7-9-20(10-8-19)13-14-3-4-15(17(11-14)21-2)12-18-16-5-6-16/h3-4,11,16,18H,5-10,12-13H2,1-2H3. The summed E-state index contributed by atoms with van der Waals surface area (Å²) in [5, 5.41) is 3.56. The number of rotatable bonds is 6. The number of likely N-dealkylation sites (N-methyl/N-ethyl adjacent to an activating group) is 1. The molecule has 1 aromatic rings. The lowest BCUT2D eigenvalue weighted by Crippen LogP contribution is -2.43. The summed E-state index contributed by atoms with van der Waals surface area (Å²) in [6.07, 6.45) is 2.65. The van der Waals surface area contributed by atoms with E-state index in [0.29, 0.717) is 0 Å². The highest BCUT2D eigenvalue weighted by Crippen LogP contribution is 2.24. The third-order valence-electron chi connectivity index (χ3n) is 4.51. The summed E-state index contributed by atoms with van der Waals surface area (Å²) >= 11 is 0. The molecule has 4 heteroatoms. The predicted octanol–water partition coefficient (Wildman–Crippen LogP) is 1.69. The SMILES string of the molecule is COc1cc(CN2CCN(C)CC2)ccc1CNC1CC1. The van der Waals surface area contributed by atoms with E-state index in [4.69, 9.17) is 4.74 Å². The Bertz CT molecular complexity index is 465. The third-order valence-corrected chi connectivity index (χ3v) is 4.51. The highest BCUT2D eigenvalue weighted by Gasteiger charge is 2.21. The van der Waals surface area contributed by atoms with Crippen LogP contribution >= 0.6 is 0 Å². The summed E-state index contributed by atoms with van der Waals surface area (Å²) in [5.41, 5.74) is 2.62. The van der Waals surface area contributed by atoms with Crippen molar-refractivity contribution in [1.29, 1.82) is 0 Å². The van der Waals surface area contributed by atoms with Crippen LogP contribution in [0.1, 0.15) is 24.0 Å². The molecule has 1 aromatic carbocycles. The molecule has 2 aliphatic rings. The summed E-state index contributed by atoms with van der Waals surface area (Å²) in [6.45, 7) is 6.60. The van der Waals surface area contributed by atoms with Crippen LogP contribution in [0.3, 0.4) is 0 Å². The number of nitrogens with zero attached hydrogens (tertiary/aromatic N) is 2. The first-order valence-electron chi connectivity index (χ1n) is 8.04. The third kappa shape index (κ3) is 4.19. The van der Waals surface area contributed by atoms with E-state index in [1.54, 1.807) is 7.11 Å². The molecule has 0 radical (unpaired) electrons. The second-order valence-corrected chi connectivity index (χ2v) is 6.38. The van der Waals surface area contributed by atoms with Gasteiger partial charge in [0.25, 0.3) is 0 Å². The van der Waals surface area contributed by atoms with Gasteiger partial charge in [-0.05, 0) is 31.5 Å². The molecule has 1 aliphatic heterocycles. The molecule has 0 amide bonds. The minimum Gasteiger partial charge on any atom is -0.496 e. The van der Waals surface area contributed by atoms with Crippen LogP contribution in [0.5, 0.6) is 5.75 Å². The first kappa shape index (κ1) is 14.8. The molecule has 2 fully saturated rings. The maximum Gasteiger partial charge on any atom is 0.123 e. The van der Waals surface area contributed by atoms with Crippen molar-refractivity contribution in [2.45, 2.75) is 32.0 Å². The van der Waals surface area contributed by atoms with E-state index in [2.05, 4.69) is 40.4 Å². The van der Waals surface area contributed by atoms with Crippen LogP contribution < -0.4 is 10.1 Å². The summed E-state index contributed by atoms with van der Waals surface area (Å²) < 4.78 is 5.58. The lowest BCUT2D eigenvalue weighted by molar-refractivity contribution is 0.148. The molecular formula is C17H27N3O. The molecule has 3 rings (SSSR count). The summed E-state index contributed by atoms with van der Waals surface area (Å²) in [4.78, 5) is 4.92.